The summed E-state index contributed by atoms with van der Waals surface area (Å²) >= 11 is 1.60. The summed E-state index contributed by atoms with van der Waals surface area (Å²) in [4.78, 5) is 17.2. The maximum absolute atomic E-state index is 11.4. The summed E-state index contributed by atoms with van der Waals surface area (Å²) in [6.45, 7) is 2.37. The number of hydrogen-bond acceptors (Lipinski definition) is 4. The minimum Gasteiger partial charge on any atom is -0.344 e. The van der Waals surface area contributed by atoms with Crippen LogP contribution in [0.5, 0.6) is 0 Å². The number of rotatable bonds is 4. The van der Waals surface area contributed by atoms with Crippen LogP contribution < -0.4 is 5.73 Å². The van der Waals surface area contributed by atoms with Gasteiger partial charge in [-0.1, -0.05) is 0 Å². The maximum Gasteiger partial charge on any atom is 0.238 e. The van der Waals surface area contributed by atoms with Crippen molar-refractivity contribution in [2.24, 2.45) is 5.73 Å². The Morgan fingerprint density at radius 2 is 2.50 bits per heavy atom. The Bertz CT molecular complexity index is 284. The lowest BCUT2D eigenvalue weighted by molar-refractivity contribution is -0.130. The summed E-state index contributed by atoms with van der Waals surface area (Å²) in [7, 11) is 1.76. The molecule has 0 radical (unpaired) electrons. The van der Waals surface area contributed by atoms with E-state index in [2.05, 4.69) is 4.98 Å². The van der Waals surface area contributed by atoms with E-state index in [0.717, 1.165) is 11.4 Å². The zero-order valence-electron chi connectivity index (χ0n) is 8.43. The van der Waals surface area contributed by atoms with E-state index in [-0.39, 0.29) is 5.91 Å². The molecule has 1 heterocycles. The molecule has 14 heavy (non-hydrogen) atoms. The van der Waals surface area contributed by atoms with Crippen molar-refractivity contribution in [1.29, 1.82) is 0 Å². The van der Waals surface area contributed by atoms with Crippen LogP contribution in [0, 0.1) is 0 Å². The van der Waals surface area contributed by atoms with Gasteiger partial charge >= 0.3 is 0 Å². The van der Waals surface area contributed by atoms with Crippen LogP contribution in [0.25, 0.3) is 0 Å². The van der Waals surface area contributed by atoms with Gasteiger partial charge in [-0.3, -0.25) is 4.79 Å². The van der Waals surface area contributed by atoms with Crippen LogP contribution in [0.3, 0.4) is 0 Å². The summed E-state index contributed by atoms with van der Waals surface area (Å²) in [6, 6.07) is -0.420. The molecule has 1 aromatic heterocycles. The van der Waals surface area contributed by atoms with Gasteiger partial charge in [0.1, 0.15) is 0 Å². The van der Waals surface area contributed by atoms with Crippen LogP contribution in [0.4, 0.5) is 0 Å². The van der Waals surface area contributed by atoms with Crippen molar-refractivity contribution >= 4 is 17.2 Å². The predicted molar refractivity (Wildman–Crippen MR) is 57.1 cm³/mol. The van der Waals surface area contributed by atoms with E-state index >= 15 is 0 Å². The number of likely N-dealkylation sites (N-methyl/N-ethyl adjacent to an activating group) is 1. The number of carbonyl (C=O) groups excluding carboxylic acids is 1. The van der Waals surface area contributed by atoms with E-state index in [0.29, 0.717) is 6.54 Å². The summed E-state index contributed by atoms with van der Waals surface area (Å²) in [5, 5.41) is 2.98. The van der Waals surface area contributed by atoms with Gasteiger partial charge in [0.25, 0.3) is 0 Å². The molecule has 1 aromatic rings. The quantitative estimate of drug-likeness (QED) is 0.792. The molecule has 0 bridgehead atoms. The number of thiazole rings is 1. The minimum atomic E-state index is -0.420. The standard InChI is InChI=1S/C9H15N3OS/c1-7(10)9(13)12(2)5-3-8-11-4-6-14-8/h4,6-7H,3,5,10H2,1-2H3/t7-/m1/s1. The highest BCUT2D eigenvalue weighted by Crippen LogP contribution is 2.05. The zero-order chi connectivity index (χ0) is 10.6. The Balaban J connectivity index is 2.35. The Labute approximate surface area is 87.7 Å². The Morgan fingerprint density at radius 1 is 1.79 bits per heavy atom. The number of hydrogen-bond donors (Lipinski definition) is 1. The summed E-state index contributed by atoms with van der Waals surface area (Å²) < 4.78 is 0. The van der Waals surface area contributed by atoms with Crippen LogP contribution in [0.2, 0.25) is 0 Å². The number of aromatic nitrogens is 1. The lowest BCUT2D eigenvalue weighted by Gasteiger charge is -2.18. The molecule has 78 valence electrons. The molecule has 0 aliphatic carbocycles. The van der Waals surface area contributed by atoms with Crippen molar-refractivity contribution in [2.75, 3.05) is 13.6 Å². The second-order valence-corrected chi connectivity index (χ2v) is 4.20. The van der Waals surface area contributed by atoms with Gasteiger partial charge in [0.2, 0.25) is 5.91 Å². The van der Waals surface area contributed by atoms with E-state index in [1.54, 1.807) is 36.4 Å². The average molecular weight is 213 g/mol. The first-order valence-electron chi connectivity index (χ1n) is 4.50. The third-order valence-electron chi connectivity index (χ3n) is 1.91. The Hall–Kier alpha value is -0.940. The van der Waals surface area contributed by atoms with Crippen LogP contribution >= 0.6 is 11.3 Å². The van der Waals surface area contributed by atoms with Gasteiger partial charge in [-0.15, -0.1) is 11.3 Å². The lowest BCUT2D eigenvalue weighted by Crippen LogP contribution is -2.40. The van der Waals surface area contributed by atoms with E-state index in [9.17, 15) is 4.79 Å². The van der Waals surface area contributed by atoms with E-state index in [1.165, 1.54) is 0 Å². The lowest BCUT2D eigenvalue weighted by atomic mass is 10.3. The van der Waals surface area contributed by atoms with Gasteiger partial charge in [-0.05, 0) is 6.92 Å². The molecule has 0 saturated carbocycles. The molecule has 0 saturated heterocycles. The summed E-state index contributed by atoms with van der Waals surface area (Å²) in [6.07, 6.45) is 2.57. The Morgan fingerprint density at radius 3 is 3.00 bits per heavy atom. The average Bonchev–Trinajstić information content (AvgIpc) is 2.65. The summed E-state index contributed by atoms with van der Waals surface area (Å²) in [5.41, 5.74) is 5.48. The smallest absolute Gasteiger partial charge is 0.238 e. The highest BCUT2D eigenvalue weighted by Gasteiger charge is 2.12. The first kappa shape index (κ1) is 11.1. The van der Waals surface area contributed by atoms with Crippen molar-refractivity contribution in [2.45, 2.75) is 19.4 Å². The maximum atomic E-state index is 11.4. The number of carbonyl (C=O) groups is 1. The molecule has 0 aromatic carbocycles. The topological polar surface area (TPSA) is 59.2 Å². The molecule has 4 nitrogen and oxygen atoms in total. The van der Waals surface area contributed by atoms with Crippen molar-refractivity contribution in [3.8, 4) is 0 Å². The van der Waals surface area contributed by atoms with Gasteiger partial charge in [0, 0.05) is 31.6 Å². The van der Waals surface area contributed by atoms with E-state index in [4.69, 9.17) is 5.73 Å². The molecular weight excluding hydrogens is 198 g/mol. The monoisotopic (exact) mass is 213 g/mol. The summed E-state index contributed by atoms with van der Waals surface area (Å²) in [5.74, 6) is -0.0263. The minimum absolute atomic E-state index is 0.0263. The van der Waals surface area contributed by atoms with Gasteiger partial charge < -0.3 is 10.6 Å². The largest absolute Gasteiger partial charge is 0.344 e. The van der Waals surface area contributed by atoms with E-state index in [1.807, 2.05) is 5.38 Å². The number of nitrogens with zero attached hydrogens (tertiary/aromatic N) is 2. The first-order chi connectivity index (χ1) is 6.61. The molecule has 1 rings (SSSR count). The molecule has 0 aliphatic heterocycles. The fourth-order valence-electron chi connectivity index (χ4n) is 1.10. The molecule has 1 atom stereocenters. The molecule has 1 amide bonds. The first-order valence-corrected chi connectivity index (χ1v) is 5.38. The third-order valence-corrected chi connectivity index (χ3v) is 2.75. The second-order valence-electron chi connectivity index (χ2n) is 3.22. The Kier molecular flexibility index (Phi) is 4.03. The SMILES string of the molecule is C[C@@H](N)C(=O)N(C)CCc1nccs1. The molecule has 0 aliphatic rings. The molecule has 5 heteroatoms. The van der Waals surface area contributed by atoms with Gasteiger partial charge in [0.05, 0.1) is 11.0 Å². The normalized spacial score (nSPS) is 12.5. The predicted octanol–water partition coefficient (Wildman–Crippen LogP) is 0.491. The van der Waals surface area contributed by atoms with Crippen molar-refractivity contribution < 1.29 is 4.79 Å². The number of nitrogens with two attached hydrogens (primary N) is 1. The highest BCUT2D eigenvalue weighted by molar-refractivity contribution is 7.09. The van der Waals surface area contributed by atoms with Crippen LogP contribution in [-0.4, -0.2) is 35.4 Å². The van der Waals surface area contributed by atoms with Crippen molar-refractivity contribution in [1.82, 2.24) is 9.88 Å². The van der Waals surface area contributed by atoms with Gasteiger partial charge in [-0.25, -0.2) is 4.98 Å². The van der Waals surface area contributed by atoms with Crippen molar-refractivity contribution in [3.05, 3.63) is 16.6 Å². The van der Waals surface area contributed by atoms with Crippen LogP contribution in [0.15, 0.2) is 11.6 Å². The van der Waals surface area contributed by atoms with Crippen LogP contribution in [0.1, 0.15) is 11.9 Å². The molecular formula is C9H15N3OS. The molecule has 0 unspecified atom stereocenters. The highest BCUT2D eigenvalue weighted by atomic mass is 32.1. The second kappa shape index (κ2) is 5.07. The van der Waals surface area contributed by atoms with E-state index < -0.39 is 6.04 Å². The molecule has 0 spiro atoms. The fraction of sp³-hybridized carbons (Fsp3) is 0.556. The number of amides is 1. The van der Waals surface area contributed by atoms with Gasteiger partial charge in [-0.2, -0.15) is 0 Å². The third kappa shape index (κ3) is 3.08. The van der Waals surface area contributed by atoms with Crippen molar-refractivity contribution in [3.63, 3.8) is 0 Å². The van der Waals surface area contributed by atoms with Crippen LogP contribution in [-0.2, 0) is 11.2 Å². The fourth-order valence-corrected chi connectivity index (χ4v) is 1.71. The molecule has 0 fully saturated rings. The van der Waals surface area contributed by atoms with Gasteiger partial charge in [0.15, 0.2) is 0 Å². The zero-order valence-corrected chi connectivity index (χ0v) is 9.25. The molecule has 2 N–H and O–H groups in total.